The second-order valence-electron chi connectivity index (χ2n) is 4.89. The van der Waals surface area contributed by atoms with Crippen LogP contribution in [0.3, 0.4) is 0 Å². The molecule has 1 saturated carbocycles. The van der Waals surface area contributed by atoms with Gasteiger partial charge in [0.1, 0.15) is 0 Å². The van der Waals surface area contributed by atoms with Crippen LogP contribution in [-0.4, -0.2) is 34.6 Å². The molecule has 1 aliphatic rings. The topological polar surface area (TPSA) is 46.5 Å². The Bertz CT molecular complexity index is 392. The number of alkyl halides is 6. The van der Waals surface area contributed by atoms with Crippen molar-refractivity contribution in [3.8, 4) is 0 Å². The van der Waals surface area contributed by atoms with Crippen molar-refractivity contribution in [3.63, 3.8) is 0 Å². The highest BCUT2D eigenvalue weighted by atomic mass is 19.4. The number of carbonyl (C=O) groups excluding carboxylic acids is 1. The zero-order valence-electron chi connectivity index (χ0n) is 10.9. The minimum atomic E-state index is -6.04. The monoisotopic (exact) mass is 320 g/mol. The Kier molecular flexibility index (Phi) is 4.67. The molecule has 122 valence electrons. The van der Waals surface area contributed by atoms with Crippen LogP contribution in [0.15, 0.2) is 12.7 Å². The van der Waals surface area contributed by atoms with Crippen molar-refractivity contribution in [2.24, 2.45) is 0 Å². The summed E-state index contributed by atoms with van der Waals surface area (Å²) in [6.07, 6.45) is -12.8. The standard InChI is InChI=1S/C12H14F6O3/c1-2-8(19)21-9(6-4-3-5-7-9)10(20,11(13,14)15)12(16,17)18/h2,20H,1,3-7H2. The second-order valence-corrected chi connectivity index (χ2v) is 4.89. The quantitative estimate of drug-likeness (QED) is 0.493. The average molecular weight is 320 g/mol. The fraction of sp³-hybridized carbons (Fsp3) is 0.750. The molecule has 0 spiro atoms. The molecule has 9 heteroatoms. The first-order chi connectivity index (χ1) is 9.41. The fourth-order valence-electron chi connectivity index (χ4n) is 2.57. The summed E-state index contributed by atoms with van der Waals surface area (Å²) in [6, 6.07) is 0. The van der Waals surface area contributed by atoms with E-state index < -0.39 is 42.4 Å². The Balaban J connectivity index is 3.44. The molecule has 21 heavy (non-hydrogen) atoms. The third kappa shape index (κ3) is 2.88. The van der Waals surface area contributed by atoms with Crippen LogP contribution in [0.4, 0.5) is 26.3 Å². The molecule has 0 bridgehead atoms. The van der Waals surface area contributed by atoms with E-state index in [0.29, 0.717) is 12.5 Å². The van der Waals surface area contributed by atoms with Crippen LogP contribution in [0.2, 0.25) is 0 Å². The van der Waals surface area contributed by atoms with Gasteiger partial charge >= 0.3 is 18.3 Å². The van der Waals surface area contributed by atoms with Gasteiger partial charge in [0, 0.05) is 6.08 Å². The van der Waals surface area contributed by atoms with E-state index in [4.69, 9.17) is 0 Å². The molecular weight excluding hydrogens is 306 g/mol. The number of carbonyl (C=O) groups is 1. The average Bonchev–Trinajstić information content (AvgIpc) is 2.35. The highest BCUT2D eigenvalue weighted by Crippen LogP contribution is 2.55. The smallest absolute Gasteiger partial charge is 0.430 e. The first-order valence-corrected chi connectivity index (χ1v) is 6.12. The van der Waals surface area contributed by atoms with Crippen LogP contribution >= 0.6 is 0 Å². The van der Waals surface area contributed by atoms with Crippen molar-refractivity contribution in [1.82, 2.24) is 0 Å². The molecule has 0 heterocycles. The number of ether oxygens (including phenoxy) is 1. The number of aliphatic hydroxyl groups is 1. The second kappa shape index (κ2) is 5.51. The van der Waals surface area contributed by atoms with Gasteiger partial charge in [0.05, 0.1) is 0 Å². The lowest BCUT2D eigenvalue weighted by Gasteiger charge is -2.48. The van der Waals surface area contributed by atoms with E-state index in [9.17, 15) is 36.2 Å². The molecule has 0 radical (unpaired) electrons. The molecule has 1 aliphatic carbocycles. The van der Waals surface area contributed by atoms with E-state index in [2.05, 4.69) is 11.3 Å². The van der Waals surface area contributed by atoms with Crippen molar-refractivity contribution >= 4 is 5.97 Å². The Morgan fingerprint density at radius 1 is 1.05 bits per heavy atom. The molecule has 1 fully saturated rings. The maximum absolute atomic E-state index is 13.0. The summed E-state index contributed by atoms with van der Waals surface area (Å²) in [5.74, 6) is -1.44. The van der Waals surface area contributed by atoms with E-state index in [1.165, 1.54) is 0 Å². The third-order valence-corrected chi connectivity index (χ3v) is 3.60. The zero-order valence-corrected chi connectivity index (χ0v) is 10.9. The highest BCUT2D eigenvalue weighted by molar-refractivity contribution is 5.81. The van der Waals surface area contributed by atoms with Crippen LogP contribution < -0.4 is 0 Å². The predicted molar refractivity (Wildman–Crippen MR) is 59.2 cm³/mol. The predicted octanol–water partition coefficient (Wildman–Crippen LogP) is 3.27. The van der Waals surface area contributed by atoms with Gasteiger partial charge in [-0.2, -0.15) is 26.3 Å². The highest BCUT2D eigenvalue weighted by Gasteiger charge is 2.80. The third-order valence-electron chi connectivity index (χ3n) is 3.60. The molecule has 1 rings (SSSR count). The van der Waals surface area contributed by atoms with Gasteiger partial charge in [0.25, 0.3) is 5.60 Å². The maximum atomic E-state index is 13.0. The van der Waals surface area contributed by atoms with Crippen molar-refractivity contribution in [1.29, 1.82) is 0 Å². The van der Waals surface area contributed by atoms with Gasteiger partial charge in [0.15, 0.2) is 5.60 Å². The molecule has 0 saturated heterocycles. The van der Waals surface area contributed by atoms with E-state index in [1.54, 1.807) is 0 Å². The Morgan fingerprint density at radius 3 is 1.81 bits per heavy atom. The molecule has 0 amide bonds. The van der Waals surface area contributed by atoms with Crippen molar-refractivity contribution in [2.45, 2.75) is 55.7 Å². The number of esters is 1. The minimum absolute atomic E-state index is 0.0289. The molecule has 0 aromatic heterocycles. The summed E-state index contributed by atoms with van der Waals surface area (Å²) in [6.45, 7) is 2.94. The Hall–Kier alpha value is -1.25. The summed E-state index contributed by atoms with van der Waals surface area (Å²) >= 11 is 0. The molecule has 0 aliphatic heterocycles. The van der Waals surface area contributed by atoms with Gasteiger partial charge < -0.3 is 9.84 Å². The number of halogens is 6. The minimum Gasteiger partial charge on any atom is -0.452 e. The fourth-order valence-corrected chi connectivity index (χ4v) is 2.57. The zero-order chi connectivity index (χ0) is 16.5. The van der Waals surface area contributed by atoms with Crippen molar-refractivity contribution in [2.75, 3.05) is 0 Å². The summed E-state index contributed by atoms with van der Waals surface area (Å²) in [4.78, 5) is 11.2. The lowest BCUT2D eigenvalue weighted by atomic mass is 9.71. The van der Waals surface area contributed by atoms with Crippen molar-refractivity contribution < 1.29 is 41.0 Å². The van der Waals surface area contributed by atoms with Crippen LogP contribution in [0.5, 0.6) is 0 Å². The Labute approximate surface area is 116 Å². The molecule has 0 unspecified atom stereocenters. The van der Waals surface area contributed by atoms with E-state index in [-0.39, 0.29) is 12.8 Å². The first-order valence-electron chi connectivity index (χ1n) is 6.12. The molecular formula is C12H14F6O3. The van der Waals surface area contributed by atoms with Gasteiger partial charge in [-0.3, -0.25) is 0 Å². The Morgan fingerprint density at radius 2 is 1.48 bits per heavy atom. The first kappa shape index (κ1) is 17.8. The van der Waals surface area contributed by atoms with E-state index in [1.807, 2.05) is 0 Å². The van der Waals surface area contributed by atoms with E-state index in [0.717, 1.165) is 0 Å². The molecule has 0 aromatic carbocycles. The van der Waals surface area contributed by atoms with Crippen LogP contribution in [0, 0.1) is 0 Å². The molecule has 0 aromatic rings. The van der Waals surface area contributed by atoms with E-state index >= 15 is 0 Å². The number of hydrogen-bond donors (Lipinski definition) is 1. The number of rotatable bonds is 3. The van der Waals surface area contributed by atoms with Gasteiger partial charge in [-0.15, -0.1) is 0 Å². The van der Waals surface area contributed by atoms with Crippen LogP contribution in [0.1, 0.15) is 32.1 Å². The molecule has 1 N–H and O–H groups in total. The van der Waals surface area contributed by atoms with Crippen molar-refractivity contribution in [3.05, 3.63) is 12.7 Å². The van der Waals surface area contributed by atoms with Crippen LogP contribution in [-0.2, 0) is 9.53 Å². The maximum Gasteiger partial charge on any atom is 0.430 e. The SMILES string of the molecule is C=CC(=O)OC1(C(O)(C(F)(F)F)C(F)(F)F)CCCCC1. The van der Waals surface area contributed by atoms with Gasteiger partial charge in [-0.05, 0) is 25.7 Å². The van der Waals surface area contributed by atoms with Gasteiger partial charge in [-0.25, -0.2) is 4.79 Å². The summed E-state index contributed by atoms with van der Waals surface area (Å²) in [7, 11) is 0. The van der Waals surface area contributed by atoms with Gasteiger partial charge in [-0.1, -0.05) is 13.0 Å². The summed E-state index contributed by atoms with van der Waals surface area (Å²) < 4.78 is 82.4. The molecule has 3 nitrogen and oxygen atoms in total. The lowest BCUT2D eigenvalue weighted by molar-refractivity contribution is -0.415. The van der Waals surface area contributed by atoms with Gasteiger partial charge in [0.2, 0.25) is 0 Å². The summed E-state index contributed by atoms with van der Waals surface area (Å²) in [5.41, 5.74) is -8.21. The van der Waals surface area contributed by atoms with Crippen LogP contribution in [0.25, 0.3) is 0 Å². The normalized spacial score (nSPS) is 20.0. The molecule has 0 atom stereocenters. The largest absolute Gasteiger partial charge is 0.452 e. The summed E-state index contributed by atoms with van der Waals surface area (Å²) in [5, 5.41) is 9.54. The lowest BCUT2D eigenvalue weighted by Crippen LogP contribution is -2.72. The number of hydrogen-bond acceptors (Lipinski definition) is 3.